The van der Waals surface area contributed by atoms with Crippen molar-refractivity contribution < 1.29 is 19.8 Å². The zero-order valence-corrected chi connectivity index (χ0v) is 22.9. The van der Waals surface area contributed by atoms with E-state index in [0.29, 0.717) is 24.2 Å². The van der Waals surface area contributed by atoms with Crippen LogP contribution in [0.3, 0.4) is 0 Å². The fourth-order valence-corrected chi connectivity index (χ4v) is 5.05. The summed E-state index contributed by atoms with van der Waals surface area (Å²) in [5, 5.41) is 25.3. The first-order valence-electron chi connectivity index (χ1n) is 12.9. The van der Waals surface area contributed by atoms with Crippen LogP contribution in [0, 0.1) is 6.92 Å². The number of hydrogen-bond donors (Lipinski definition) is 3. The van der Waals surface area contributed by atoms with Crippen LogP contribution in [-0.4, -0.2) is 40.1 Å². The Morgan fingerprint density at radius 2 is 1.67 bits per heavy atom. The minimum Gasteiger partial charge on any atom is -0.480 e. The Bertz CT molecular complexity index is 1500. The van der Waals surface area contributed by atoms with Crippen LogP contribution in [0.25, 0.3) is 28.0 Å². The molecule has 4 aromatic carbocycles. The summed E-state index contributed by atoms with van der Waals surface area (Å²) < 4.78 is 0. The predicted molar refractivity (Wildman–Crippen MR) is 161 cm³/mol. The van der Waals surface area contributed by atoms with Gasteiger partial charge in [-0.1, -0.05) is 78.9 Å². The van der Waals surface area contributed by atoms with E-state index in [1.807, 2.05) is 104 Å². The van der Waals surface area contributed by atoms with Gasteiger partial charge in [-0.2, -0.15) is 11.8 Å². The normalized spacial score (nSPS) is 12.9. The average molecular weight is 540 g/mol. The fourth-order valence-electron chi connectivity index (χ4n) is 4.57. The second-order valence-corrected chi connectivity index (χ2v) is 10.5. The molecule has 200 valence electrons. The van der Waals surface area contributed by atoms with Crippen molar-refractivity contribution in [3.05, 3.63) is 113 Å². The molecule has 0 bridgehead atoms. The van der Waals surface area contributed by atoms with E-state index < -0.39 is 24.0 Å². The standard InChI is InChI=1S/C33H33NO4S/c1-22-8-3-6-12-27(22)29-20-23(14-17-28(29)32(36)34-30(33(37)38)18-19-39-2)9-7-13-31(35)26-16-15-24-10-4-5-11-25(24)21-26/h3-12,14-17,20-21,30-31,35H,13,18-19H2,1-2H3,(H,34,36)(H,37,38)/b9-7+/t30-,31?/m0/s1. The van der Waals surface area contributed by atoms with Crippen LogP contribution >= 0.6 is 11.8 Å². The molecule has 1 unspecified atom stereocenters. The number of aliphatic carboxylic acids is 1. The van der Waals surface area contributed by atoms with Crippen LogP contribution in [0.2, 0.25) is 0 Å². The van der Waals surface area contributed by atoms with Crippen LogP contribution in [0.1, 0.15) is 46.0 Å². The summed E-state index contributed by atoms with van der Waals surface area (Å²) in [6.07, 6.45) is 5.93. The highest BCUT2D eigenvalue weighted by atomic mass is 32.2. The Kier molecular flexibility index (Phi) is 9.58. The number of aliphatic hydroxyl groups is 1. The molecule has 0 radical (unpaired) electrons. The number of nitrogens with one attached hydrogen (secondary N) is 1. The van der Waals surface area contributed by atoms with E-state index in [4.69, 9.17) is 0 Å². The van der Waals surface area contributed by atoms with Gasteiger partial charge in [0.1, 0.15) is 6.04 Å². The van der Waals surface area contributed by atoms with E-state index in [9.17, 15) is 19.8 Å². The molecule has 39 heavy (non-hydrogen) atoms. The molecule has 0 aliphatic carbocycles. The van der Waals surface area contributed by atoms with Gasteiger partial charge in [0.15, 0.2) is 0 Å². The molecule has 2 atom stereocenters. The number of benzene rings is 4. The van der Waals surface area contributed by atoms with Crippen molar-refractivity contribution >= 4 is 40.5 Å². The fraction of sp³-hybridized carbons (Fsp3) is 0.212. The molecule has 0 heterocycles. The van der Waals surface area contributed by atoms with E-state index in [2.05, 4.69) is 5.32 Å². The van der Waals surface area contributed by atoms with Gasteiger partial charge in [0.25, 0.3) is 5.91 Å². The summed E-state index contributed by atoms with van der Waals surface area (Å²) in [4.78, 5) is 25.0. The molecule has 4 aromatic rings. The van der Waals surface area contributed by atoms with Crippen LogP contribution in [0.5, 0.6) is 0 Å². The van der Waals surface area contributed by atoms with E-state index in [1.54, 1.807) is 17.8 Å². The van der Waals surface area contributed by atoms with E-state index >= 15 is 0 Å². The molecule has 0 aromatic heterocycles. The molecule has 6 heteroatoms. The molecule has 0 saturated heterocycles. The summed E-state index contributed by atoms with van der Waals surface area (Å²) in [5.41, 5.74) is 4.82. The Morgan fingerprint density at radius 3 is 2.41 bits per heavy atom. The molecule has 0 aliphatic heterocycles. The quantitative estimate of drug-likeness (QED) is 0.193. The third-order valence-corrected chi connectivity index (χ3v) is 7.41. The molecule has 4 rings (SSSR count). The zero-order valence-electron chi connectivity index (χ0n) is 22.1. The van der Waals surface area contributed by atoms with Gasteiger partial charge in [-0.25, -0.2) is 4.79 Å². The van der Waals surface area contributed by atoms with Crippen molar-refractivity contribution in [3.63, 3.8) is 0 Å². The summed E-state index contributed by atoms with van der Waals surface area (Å²) in [7, 11) is 0. The number of fused-ring (bicyclic) bond motifs is 1. The summed E-state index contributed by atoms with van der Waals surface area (Å²) in [5.74, 6) is -0.820. The van der Waals surface area contributed by atoms with E-state index in [1.165, 1.54) is 0 Å². The second-order valence-electron chi connectivity index (χ2n) is 9.53. The van der Waals surface area contributed by atoms with Crippen molar-refractivity contribution in [2.45, 2.75) is 31.9 Å². The Hall–Kier alpha value is -3.87. The summed E-state index contributed by atoms with van der Waals surface area (Å²) in [6, 6.07) is 26.4. The van der Waals surface area contributed by atoms with Crippen molar-refractivity contribution in [1.29, 1.82) is 0 Å². The van der Waals surface area contributed by atoms with Crippen molar-refractivity contribution in [2.24, 2.45) is 0 Å². The smallest absolute Gasteiger partial charge is 0.326 e. The summed E-state index contributed by atoms with van der Waals surface area (Å²) >= 11 is 1.54. The lowest BCUT2D eigenvalue weighted by atomic mass is 9.93. The molecular weight excluding hydrogens is 506 g/mol. The number of amides is 1. The highest BCUT2D eigenvalue weighted by Gasteiger charge is 2.22. The first-order chi connectivity index (χ1) is 18.9. The topological polar surface area (TPSA) is 86.6 Å². The lowest BCUT2D eigenvalue weighted by molar-refractivity contribution is -0.139. The minimum absolute atomic E-state index is 0.349. The number of carboxylic acid groups (broad SMARTS) is 1. The Labute approximate surface area is 233 Å². The number of rotatable bonds is 11. The number of hydrogen-bond acceptors (Lipinski definition) is 4. The largest absolute Gasteiger partial charge is 0.480 e. The van der Waals surface area contributed by atoms with Gasteiger partial charge in [-0.15, -0.1) is 0 Å². The molecule has 5 nitrogen and oxygen atoms in total. The maximum atomic E-state index is 13.3. The van der Waals surface area contributed by atoms with Gasteiger partial charge >= 0.3 is 5.97 Å². The second kappa shape index (κ2) is 13.3. The number of aryl methyl sites for hydroxylation is 1. The van der Waals surface area contributed by atoms with Gasteiger partial charge in [-0.3, -0.25) is 4.79 Å². The minimum atomic E-state index is -1.04. The third-order valence-electron chi connectivity index (χ3n) is 6.77. The maximum absolute atomic E-state index is 13.3. The molecule has 0 aliphatic rings. The van der Waals surface area contributed by atoms with Crippen molar-refractivity contribution in [2.75, 3.05) is 12.0 Å². The van der Waals surface area contributed by atoms with Gasteiger partial charge in [-0.05, 0) is 88.6 Å². The lowest BCUT2D eigenvalue weighted by Gasteiger charge is -2.17. The number of aliphatic hydroxyl groups excluding tert-OH is 1. The Morgan fingerprint density at radius 1 is 0.923 bits per heavy atom. The Balaban J connectivity index is 1.57. The first-order valence-corrected chi connectivity index (χ1v) is 14.3. The molecule has 3 N–H and O–H groups in total. The van der Waals surface area contributed by atoms with Gasteiger partial charge < -0.3 is 15.5 Å². The number of carbonyl (C=O) groups excluding carboxylic acids is 1. The average Bonchev–Trinajstić information content (AvgIpc) is 2.94. The number of carboxylic acids is 1. The molecule has 0 spiro atoms. The summed E-state index contributed by atoms with van der Waals surface area (Å²) in [6.45, 7) is 1.98. The predicted octanol–water partition coefficient (Wildman–Crippen LogP) is 6.89. The van der Waals surface area contributed by atoms with Crippen LogP contribution < -0.4 is 5.32 Å². The lowest BCUT2D eigenvalue weighted by Crippen LogP contribution is -2.41. The van der Waals surface area contributed by atoms with Gasteiger partial charge in [0, 0.05) is 5.56 Å². The third kappa shape index (κ3) is 7.16. The van der Waals surface area contributed by atoms with Crippen molar-refractivity contribution in [1.82, 2.24) is 5.32 Å². The van der Waals surface area contributed by atoms with E-state index in [0.717, 1.165) is 38.6 Å². The highest BCUT2D eigenvalue weighted by molar-refractivity contribution is 7.98. The highest BCUT2D eigenvalue weighted by Crippen LogP contribution is 2.29. The maximum Gasteiger partial charge on any atom is 0.326 e. The van der Waals surface area contributed by atoms with Crippen LogP contribution in [-0.2, 0) is 4.79 Å². The van der Waals surface area contributed by atoms with Gasteiger partial charge in [0.05, 0.1) is 6.10 Å². The first kappa shape index (κ1) is 28.1. The van der Waals surface area contributed by atoms with Crippen LogP contribution in [0.4, 0.5) is 0 Å². The SMILES string of the molecule is CSCC[C@H](NC(=O)c1ccc(/C=C/CC(O)c2ccc3ccccc3c2)cc1-c1ccccc1C)C(=O)O. The molecule has 0 saturated carbocycles. The van der Waals surface area contributed by atoms with Crippen LogP contribution in [0.15, 0.2) is 91.0 Å². The van der Waals surface area contributed by atoms with E-state index in [-0.39, 0.29) is 0 Å². The molecule has 1 amide bonds. The van der Waals surface area contributed by atoms with Gasteiger partial charge in [0.2, 0.25) is 0 Å². The van der Waals surface area contributed by atoms with Crippen molar-refractivity contribution in [3.8, 4) is 11.1 Å². The monoisotopic (exact) mass is 539 g/mol. The molecular formula is C33H33NO4S. The number of thioether (sulfide) groups is 1. The number of carbonyl (C=O) groups is 2. The molecule has 0 fully saturated rings. The zero-order chi connectivity index (χ0) is 27.8.